The van der Waals surface area contributed by atoms with E-state index in [9.17, 15) is 0 Å². The Morgan fingerprint density at radius 2 is 1.80 bits per heavy atom. The number of anilines is 1. The third-order valence-corrected chi connectivity index (χ3v) is 3.41. The number of nitrogens with zero attached hydrogens (tertiary/aromatic N) is 3. The highest BCUT2D eigenvalue weighted by Gasteiger charge is 2.04. The van der Waals surface area contributed by atoms with E-state index in [2.05, 4.69) is 54.0 Å². The van der Waals surface area contributed by atoms with Crippen LogP contribution < -0.4 is 10.6 Å². The van der Waals surface area contributed by atoms with Crippen LogP contribution in [0.1, 0.15) is 5.56 Å². The molecule has 0 spiro atoms. The quantitative estimate of drug-likeness (QED) is 0.317. The van der Waals surface area contributed by atoms with Gasteiger partial charge in [-0.1, -0.05) is 44.0 Å². The molecule has 0 atom stereocenters. The van der Waals surface area contributed by atoms with Crippen molar-refractivity contribution in [2.75, 3.05) is 35.7 Å². The van der Waals surface area contributed by atoms with Crippen LogP contribution in [0.5, 0.6) is 0 Å². The number of hydrogen-bond donors (Lipinski definition) is 2. The normalized spacial score (nSPS) is 10.8. The van der Waals surface area contributed by atoms with Crippen LogP contribution in [0.2, 0.25) is 0 Å². The molecule has 0 aromatic heterocycles. The number of alkyl halides is 2. The topological polar surface area (TPSA) is 68.7 Å². The molecule has 0 aliphatic heterocycles. The smallest absolute Gasteiger partial charge is 0.208 e. The molecule has 0 bridgehead atoms. The molecular formula is C13H19Br2N5. The van der Waals surface area contributed by atoms with E-state index in [1.165, 1.54) is 10.7 Å². The van der Waals surface area contributed by atoms with E-state index in [0.717, 1.165) is 29.3 Å². The van der Waals surface area contributed by atoms with Crippen molar-refractivity contribution in [1.29, 1.82) is 5.41 Å². The minimum Gasteiger partial charge on any atom is -0.370 e. The first-order chi connectivity index (χ1) is 9.58. The fraction of sp³-hybridized carbons (Fsp3) is 0.385. The maximum absolute atomic E-state index is 7.22. The molecule has 1 aromatic rings. The average Bonchev–Trinajstić information content (AvgIpc) is 2.45. The zero-order valence-corrected chi connectivity index (χ0v) is 14.6. The molecule has 0 amide bonds. The van der Waals surface area contributed by atoms with Gasteiger partial charge in [0.2, 0.25) is 5.96 Å². The number of nitrogens with two attached hydrogens (primary N) is 1. The van der Waals surface area contributed by atoms with E-state index in [4.69, 9.17) is 11.1 Å². The third-order valence-electron chi connectivity index (χ3n) is 2.70. The van der Waals surface area contributed by atoms with Gasteiger partial charge in [-0.25, -0.2) is 5.01 Å². The third kappa shape index (κ3) is 5.50. The molecule has 0 unspecified atom stereocenters. The summed E-state index contributed by atoms with van der Waals surface area (Å²) in [6.07, 6.45) is 1.69. The van der Waals surface area contributed by atoms with E-state index >= 15 is 0 Å². The van der Waals surface area contributed by atoms with Crippen LogP contribution in [-0.2, 0) is 0 Å². The maximum Gasteiger partial charge on any atom is 0.208 e. The molecule has 0 aliphatic carbocycles. The van der Waals surface area contributed by atoms with Crippen molar-refractivity contribution in [3.05, 3.63) is 29.8 Å². The van der Waals surface area contributed by atoms with Crippen molar-refractivity contribution in [1.82, 2.24) is 5.01 Å². The summed E-state index contributed by atoms with van der Waals surface area (Å²) >= 11 is 6.94. The Morgan fingerprint density at radius 1 is 1.25 bits per heavy atom. The van der Waals surface area contributed by atoms with Gasteiger partial charge in [-0.3, -0.25) is 5.41 Å². The molecule has 0 heterocycles. The van der Waals surface area contributed by atoms with Crippen LogP contribution in [0.4, 0.5) is 5.69 Å². The SMILES string of the molecule is CN(/N=C\c1ccc(N(CCBr)CCBr)cc1)C(=N)N. The molecule has 0 fully saturated rings. The second-order valence-electron chi connectivity index (χ2n) is 4.11. The summed E-state index contributed by atoms with van der Waals surface area (Å²) in [5.41, 5.74) is 7.46. The second-order valence-corrected chi connectivity index (χ2v) is 5.70. The number of hydrogen-bond acceptors (Lipinski definition) is 3. The Kier molecular flexibility index (Phi) is 7.61. The zero-order valence-electron chi connectivity index (χ0n) is 11.4. The summed E-state index contributed by atoms with van der Waals surface area (Å²) in [5.74, 6) is -0.0845. The summed E-state index contributed by atoms with van der Waals surface area (Å²) in [5, 5.41) is 14.5. The highest BCUT2D eigenvalue weighted by atomic mass is 79.9. The Morgan fingerprint density at radius 3 is 2.25 bits per heavy atom. The maximum atomic E-state index is 7.22. The number of rotatable bonds is 7. The van der Waals surface area contributed by atoms with E-state index in [1.807, 2.05) is 12.1 Å². The first-order valence-electron chi connectivity index (χ1n) is 6.17. The molecule has 1 rings (SSSR count). The summed E-state index contributed by atoms with van der Waals surface area (Å²) in [4.78, 5) is 2.30. The van der Waals surface area contributed by atoms with Gasteiger partial charge in [-0.05, 0) is 17.7 Å². The molecule has 0 saturated carbocycles. The van der Waals surface area contributed by atoms with Crippen LogP contribution in [-0.4, -0.2) is 48.0 Å². The van der Waals surface area contributed by atoms with Crippen LogP contribution in [0.25, 0.3) is 0 Å². The van der Waals surface area contributed by atoms with Gasteiger partial charge in [0, 0.05) is 36.5 Å². The Bertz CT molecular complexity index is 441. The number of guanidine groups is 1. The molecule has 0 radical (unpaired) electrons. The highest BCUT2D eigenvalue weighted by molar-refractivity contribution is 9.09. The van der Waals surface area contributed by atoms with Crippen molar-refractivity contribution in [2.45, 2.75) is 0 Å². The lowest BCUT2D eigenvalue weighted by Gasteiger charge is -2.23. The summed E-state index contributed by atoms with van der Waals surface area (Å²) in [6.45, 7) is 1.93. The van der Waals surface area contributed by atoms with Crippen LogP contribution in [0.15, 0.2) is 29.4 Å². The number of halogens is 2. The minimum atomic E-state index is -0.0845. The molecule has 7 heteroatoms. The minimum absolute atomic E-state index is 0.0845. The van der Waals surface area contributed by atoms with Crippen LogP contribution in [0, 0.1) is 5.41 Å². The van der Waals surface area contributed by atoms with Gasteiger partial charge < -0.3 is 10.6 Å². The Hall–Kier alpha value is -1.08. The van der Waals surface area contributed by atoms with Gasteiger partial charge >= 0.3 is 0 Å². The fourth-order valence-electron chi connectivity index (χ4n) is 1.56. The molecule has 1 aromatic carbocycles. The predicted molar refractivity (Wildman–Crippen MR) is 93.5 cm³/mol. The lowest BCUT2D eigenvalue weighted by molar-refractivity contribution is 0.536. The molecule has 110 valence electrons. The number of nitrogens with one attached hydrogen (secondary N) is 1. The largest absolute Gasteiger partial charge is 0.370 e. The summed E-state index contributed by atoms with van der Waals surface area (Å²) in [7, 11) is 1.64. The van der Waals surface area contributed by atoms with Crippen LogP contribution in [0.3, 0.4) is 0 Å². The lowest BCUT2D eigenvalue weighted by atomic mass is 10.2. The first-order valence-corrected chi connectivity index (χ1v) is 8.41. The van der Waals surface area contributed by atoms with Gasteiger partial charge in [-0.2, -0.15) is 5.10 Å². The van der Waals surface area contributed by atoms with Gasteiger partial charge in [0.05, 0.1) is 6.21 Å². The fourth-order valence-corrected chi connectivity index (χ4v) is 2.42. The van der Waals surface area contributed by atoms with Crippen molar-refractivity contribution in [2.24, 2.45) is 10.8 Å². The predicted octanol–water partition coefficient (Wildman–Crippen LogP) is 2.44. The van der Waals surface area contributed by atoms with Gasteiger partial charge in [0.25, 0.3) is 0 Å². The highest BCUT2D eigenvalue weighted by Crippen LogP contribution is 2.15. The molecule has 3 N–H and O–H groups in total. The summed E-state index contributed by atoms with van der Waals surface area (Å²) in [6, 6.07) is 8.14. The monoisotopic (exact) mass is 403 g/mol. The Balaban J connectivity index is 2.74. The van der Waals surface area contributed by atoms with Gasteiger partial charge in [0.1, 0.15) is 0 Å². The van der Waals surface area contributed by atoms with Crippen molar-refractivity contribution >= 4 is 49.7 Å². The van der Waals surface area contributed by atoms with Crippen molar-refractivity contribution in [3.8, 4) is 0 Å². The number of hydrazone groups is 1. The number of benzene rings is 1. The standard InChI is InChI=1S/C13H19Br2N5/c1-19(13(16)17)18-10-11-2-4-12(5-3-11)20(8-6-14)9-7-15/h2-5,10H,6-9H2,1H3,(H3,16,17)/b18-10-. The van der Waals surface area contributed by atoms with E-state index in [1.54, 1.807) is 13.3 Å². The Labute approximate surface area is 136 Å². The first kappa shape index (κ1) is 17.0. The van der Waals surface area contributed by atoms with E-state index in [0.29, 0.717) is 0 Å². The van der Waals surface area contributed by atoms with E-state index in [-0.39, 0.29) is 5.96 Å². The zero-order chi connectivity index (χ0) is 15.0. The van der Waals surface area contributed by atoms with Crippen LogP contribution >= 0.6 is 31.9 Å². The van der Waals surface area contributed by atoms with Crippen molar-refractivity contribution in [3.63, 3.8) is 0 Å². The molecule has 5 nitrogen and oxygen atoms in total. The molecule has 0 saturated heterocycles. The molecule has 0 aliphatic rings. The van der Waals surface area contributed by atoms with E-state index < -0.39 is 0 Å². The molecular weight excluding hydrogens is 386 g/mol. The van der Waals surface area contributed by atoms with Crippen molar-refractivity contribution < 1.29 is 0 Å². The van der Waals surface area contributed by atoms with Gasteiger partial charge in [-0.15, -0.1) is 0 Å². The molecule has 20 heavy (non-hydrogen) atoms. The summed E-state index contributed by atoms with van der Waals surface area (Å²) < 4.78 is 0. The second kappa shape index (κ2) is 8.97. The van der Waals surface area contributed by atoms with Gasteiger partial charge in [0.15, 0.2) is 0 Å². The average molecular weight is 405 g/mol. The lowest BCUT2D eigenvalue weighted by Crippen LogP contribution is -2.28.